The van der Waals surface area contributed by atoms with Crippen LogP contribution in [0.15, 0.2) is 42.5 Å². The van der Waals surface area contributed by atoms with Crippen LogP contribution in [-0.4, -0.2) is 39.3 Å². The molecule has 2 aromatic rings. The summed E-state index contributed by atoms with van der Waals surface area (Å²) in [5.41, 5.74) is 4.20. The number of amides is 1. The van der Waals surface area contributed by atoms with Crippen LogP contribution < -0.4 is 15.0 Å². The number of hydrogen-bond acceptors (Lipinski definition) is 4. The van der Waals surface area contributed by atoms with Crippen molar-refractivity contribution in [2.75, 3.05) is 43.6 Å². The summed E-state index contributed by atoms with van der Waals surface area (Å²) >= 11 is 0. The van der Waals surface area contributed by atoms with Gasteiger partial charge >= 0.3 is 0 Å². The van der Waals surface area contributed by atoms with Gasteiger partial charge in [-0.1, -0.05) is 38.1 Å². The van der Waals surface area contributed by atoms with Gasteiger partial charge in [0.15, 0.2) is 0 Å². The third-order valence-electron chi connectivity index (χ3n) is 5.59. The normalized spacial score (nSPS) is 15.3. The van der Waals surface area contributed by atoms with Gasteiger partial charge in [-0.05, 0) is 48.1 Å². The minimum atomic E-state index is 0.0397. The second kappa shape index (κ2) is 9.79. The van der Waals surface area contributed by atoms with Gasteiger partial charge in [-0.2, -0.15) is 0 Å². The number of methoxy groups -OCH3 is 1. The van der Waals surface area contributed by atoms with E-state index in [4.69, 9.17) is 9.47 Å². The Morgan fingerprint density at radius 1 is 1.17 bits per heavy atom. The van der Waals surface area contributed by atoms with Crippen molar-refractivity contribution in [1.29, 1.82) is 0 Å². The van der Waals surface area contributed by atoms with Crippen molar-refractivity contribution in [1.82, 2.24) is 0 Å². The molecular formula is C24H32N2O3. The van der Waals surface area contributed by atoms with E-state index in [2.05, 4.69) is 42.3 Å². The molecule has 156 valence electrons. The smallest absolute Gasteiger partial charge is 0.225 e. The molecule has 1 fully saturated rings. The first-order chi connectivity index (χ1) is 14.0. The lowest BCUT2D eigenvalue weighted by molar-refractivity contribution is -0.116. The molecule has 1 atom stereocenters. The molecule has 0 spiro atoms. The Labute approximate surface area is 174 Å². The number of anilines is 2. The van der Waals surface area contributed by atoms with Gasteiger partial charge in [-0.3, -0.25) is 4.79 Å². The largest absolute Gasteiger partial charge is 0.496 e. The van der Waals surface area contributed by atoms with Gasteiger partial charge in [0, 0.05) is 19.5 Å². The fourth-order valence-corrected chi connectivity index (χ4v) is 3.93. The molecule has 1 N–H and O–H groups in total. The lowest BCUT2D eigenvalue weighted by atomic mass is 9.85. The number of nitrogens with one attached hydrogen (secondary N) is 1. The van der Waals surface area contributed by atoms with Crippen LogP contribution in [0.3, 0.4) is 0 Å². The van der Waals surface area contributed by atoms with Crippen LogP contribution in [0.4, 0.5) is 11.4 Å². The Bertz CT molecular complexity index is 829. The number of rotatable bonds is 7. The number of ether oxygens (including phenoxy) is 2. The number of carbonyl (C=O) groups excluding carboxylic acids is 1. The highest BCUT2D eigenvalue weighted by Gasteiger charge is 2.22. The number of hydrogen-bond donors (Lipinski definition) is 1. The van der Waals surface area contributed by atoms with Crippen molar-refractivity contribution < 1.29 is 14.3 Å². The van der Waals surface area contributed by atoms with Gasteiger partial charge in [-0.25, -0.2) is 0 Å². The Kier molecular flexibility index (Phi) is 7.15. The molecule has 0 aromatic heterocycles. The van der Waals surface area contributed by atoms with Gasteiger partial charge in [-0.15, -0.1) is 0 Å². The lowest BCUT2D eigenvalue weighted by Gasteiger charge is -2.30. The van der Waals surface area contributed by atoms with Crippen molar-refractivity contribution in [3.63, 3.8) is 0 Å². The third kappa shape index (κ3) is 5.30. The Balaban J connectivity index is 1.74. The van der Waals surface area contributed by atoms with Gasteiger partial charge < -0.3 is 19.7 Å². The topological polar surface area (TPSA) is 50.8 Å². The van der Waals surface area contributed by atoms with E-state index < -0.39 is 0 Å². The molecule has 1 heterocycles. The van der Waals surface area contributed by atoms with Crippen LogP contribution in [0.2, 0.25) is 0 Å². The highest BCUT2D eigenvalue weighted by molar-refractivity contribution is 5.94. The number of nitrogens with zero attached hydrogens (tertiary/aromatic N) is 1. The molecule has 5 heteroatoms. The highest BCUT2D eigenvalue weighted by atomic mass is 16.5. The minimum absolute atomic E-state index is 0.0397. The molecule has 1 saturated heterocycles. The molecule has 0 radical (unpaired) electrons. The summed E-state index contributed by atoms with van der Waals surface area (Å²) < 4.78 is 10.8. The summed E-state index contributed by atoms with van der Waals surface area (Å²) in [5.74, 6) is 1.41. The third-order valence-corrected chi connectivity index (χ3v) is 5.59. The molecule has 0 aliphatic carbocycles. The molecule has 3 rings (SSSR count). The quantitative estimate of drug-likeness (QED) is 0.743. The van der Waals surface area contributed by atoms with Crippen molar-refractivity contribution >= 4 is 17.3 Å². The molecule has 0 saturated carbocycles. The number of carbonyl (C=O) groups is 1. The predicted octanol–water partition coefficient (Wildman–Crippen LogP) is 4.61. The maximum atomic E-state index is 13.0. The first kappa shape index (κ1) is 21.2. The summed E-state index contributed by atoms with van der Waals surface area (Å²) in [6, 6.07) is 14.2. The van der Waals surface area contributed by atoms with E-state index in [9.17, 15) is 4.79 Å². The molecule has 5 nitrogen and oxygen atoms in total. The first-order valence-corrected chi connectivity index (χ1v) is 10.4. The molecule has 1 unspecified atom stereocenters. The van der Waals surface area contributed by atoms with Crippen molar-refractivity contribution in [2.24, 2.45) is 5.92 Å². The summed E-state index contributed by atoms with van der Waals surface area (Å²) in [6.45, 7) is 9.49. The lowest BCUT2D eigenvalue weighted by Crippen LogP contribution is -2.36. The van der Waals surface area contributed by atoms with Crippen LogP contribution in [-0.2, 0) is 9.53 Å². The van der Waals surface area contributed by atoms with Crippen molar-refractivity contribution in [3.05, 3.63) is 53.6 Å². The van der Waals surface area contributed by atoms with Crippen molar-refractivity contribution in [3.8, 4) is 5.75 Å². The number of para-hydroxylation sites is 2. The predicted molar refractivity (Wildman–Crippen MR) is 118 cm³/mol. The Morgan fingerprint density at radius 3 is 2.55 bits per heavy atom. The molecule has 1 aliphatic heterocycles. The van der Waals surface area contributed by atoms with Crippen LogP contribution in [0.25, 0.3) is 0 Å². The second-order valence-electron chi connectivity index (χ2n) is 7.95. The van der Waals surface area contributed by atoms with Gasteiger partial charge in [0.1, 0.15) is 5.75 Å². The van der Waals surface area contributed by atoms with Crippen LogP contribution >= 0.6 is 0 Å². The summed E-state index contributed by atoms with van der Waals surface area (Å²) in [5, 5.41) is 3.15. The highest BCUT2D eigenvalue weighted by Crippen LogP contribution is 2.32. The average molecular weight is 397 g/mol. The standard InChI is InChI=1S/C24H32N2O3/c1-17(2)20(19-9-10-23(28-4)18(3)15-19)16-24(27)25-21-7-5-6-8-22(21)26-11-13-29-14-12-26/h5-10,15,17,20H,11-14,16H2,1-4H3,(H,25,27). The SMILES string of the molecule is COc1ccc(C(CC(=O)Nc2ccccc2N2CCOCC2)C(C)C)cc1C. The Morgan fingerprint density at radius 2 is 1.90 bits per heavy atom. The zero-order valence-electron chi connectivity index (χ0n) is 17.9. The van der Waals surface area contributed by atoms with E-state index in [-0.39, 0.29) is 11.8 Å². The van der Waals surface area contributed by atoms with E-state index in [1.807, 2.05) is 31.2 Å². The summed E-state index contributed by atoms with van der Waals surface area (Å²) in [4.78, 5) is 15.2. The molecule has 2 aromatic carbocycles. The molecule has 0 bridgehead atoms. The maximum absolute atomic E-state index is 13.0. The van der Waals surface area contributed by atoms with E-state index in [0.717, 1.165) is 35.8 Å². The van der Waals surface area contributed by atoms with Crippen LogP contribution in [0.1, 0.15) is 37.3 Å². The van der Waals surface area contributed by atoms with Crippen LogP contribution in [0, 0.1) is 12.8 Å². The number of aryl methyl sites for hydroxylation is 1. The van der Waals surface area contributed by atoms with Gasteiger partial charge in [0.25, 0.3) is 0 Å². The maximum Gasteiger partial charge on any atom is 0.225 e. The Hall–Kier alpha value is -2.53. The molecular weight excluding hydrogens is 364 g/mol. The molecule has 1 amide bonds. The van der Waals surface area contributed by atoms with Crippen LogP contribution in [0.5, 0.6) is 5.75 Å². The van der Waals surface area contributed by atoms with E-state index in [1.54, 1.807) is 7.11 Å². The molecule has 29 heavy (non-hydrogen) atoms. The number of benzene rings is 2. The average Bonchev–Trinajstić information content (AvgIpc) is 2.73. The van der Waals surface area contributed by atoms with Gasteiger partial charge in [0.05, 0.1) is 31.7 Å². The van der Waals surface area contributed by atoms with Gasteiger partial charge in [0.2, 0.25) is 5.91 Å². The first-order valence-electron chi connectivity index (χ1n) is 10.4. The fraction of sp³-hybridized carbons (Fsp3) is 0.458. The zero-order valence-corrected chi connectivity index (χ0v) is 17.9. The summed E-state index contributed by atoms with van der Waals surface area (Å²) in [6.07, 6.45) is 0.445. The molecule has 1 aliphatic rings. The van der Waals surface area contributed by atoms with E-state index in [1.165, 1.54) is 5.56 Å². The second-order valence-corrected chi connectivity index (χ2v) is 7.95. The monoisotopic (exact) mass is 396 g/mol. The summed E-state index contributed by atoms with van der Waals surface area (Å²) in [7, 11) is 1.68. The minimum Gasteiger partial charge on any atom is -0.496 e. The van der Waals surface area contributed by atoms with E-state index >= 15 is 0 Å². The number of morpholine rings is 1. The van der Waals surface area contributed by atoms with E-state index in [0.29, 0.717) is 25.6 Å². The fourth-order valence-electron chi connectivity index (χ4n) is 3.93. The zero-order chi connectivity index (χ0) is 20.8. The van der Waals surface area contributed by atoms with Crippen molar-refractivity contribution in [2.45, 2.75) is 33.1 Å².